The number of amides is 1. The van der Waals surface area contributed by atoms with E-state index < -0.39 is 17.2 Å². The largest absolute Gasteiger partial charge is 0.349 e. The zero-order valence-electron chi connectivity index (χ0n) is 15.7. The van der Waals surface area contributed by atoms with Crippen molar-refractivity contribution >= 4 is 5.91 Å². The minimum Gasteiger partial charge on any atom is -0.349 e. The number of pyridine rings is 1. The van der Waals surface area contributed by atoms with Crippen molar-refractivity contribution in [3.8, 4) is 0 Å². The Bertz CT molecular complexity index is 913. The summed E-state index contributed by atoms with van der Waals surface area (Å²) >= 11 is 0. The van der Waals surface area contributed by atoms with E-state index in [2.05, 4.69) is 15.2 Å². The van der Waals surface area contributed by atoms with Crippen LogP contribution in [-0.2, 0) is 14.1 Å². The molecular weight excluding hydrogens is 346 g/mol. The standard InChI is InChI=1S/C19H25N5O3/c1-22-15(11-17(25)23(2)19(22)27)18(26)21-13-16(14-7-6-8-20-12-14)24-9-4-3-5-10-24/h6-8,11-12,16H,3-5,9-10,13H2,1-2H3,(H,21,26). The van der Waals surface area contributed by atoms with Gasteiger partial charge >= 0.3 is 5.69 Å². The highest BCUT2D eigenvalue weighted by molar-refractivity contribution is 5.92. The second-order valence-electron chi connectivity index (χ2n) is 6.88. The SMILES string of the molecule is Cn1c(C(=O)NCC(c2cccnc2)N2CCCCC2)cc(=O)n(C)c1=O. The lowest BCUT2D eigenvalue weighted by Crippen LogP contribution is -2.44. The van der Waals surface area contributed by atoms with Gasteiger partial charge in [-0.3, -0.25) is 28.6 Å². The van der Waals surface area contributed by atoms with E-state index in [1.165, 1.54) is 31.1 Å². The molecule has 0 spiro atoms. The fourth-order valence-electron chi connectivity index (χ4n) is 3.49. The van der Waals surface area contributed by atoms with Crippen LogP contribution in [0.15, 0.2) is 40.2 Å². The first-order valence-electron chi connectivity index (χ1n) is 9.18. The quantitative estimate of drug-likeness (QED) is 0.824. The van der Waals surface area contributed by atoms with Gasteiger partial charge in [0.25, 0.3) is 11.5 Å². The number of rotatable bonds is 5. The average molecular weight is 371 g/mol. The highest BCUT2D eigenvalue weighted by Gasteiger charge is 2.24. The lowest BCUT2D eigenvalue weighted by atomic mass is 10.0. The predicted molar refractivity (Wildman–Crippen MR) is 102 cm³/mol. The van der Waals surface area contributed by atoms with Crippen LogP contribution < -0.4 is 16.6 Å². The second kappa shape index (κ2) is 8.30. The van der Waals surface area contributed by atoms with Gasteiger partial charge in [-0.1, -0.05) is 12.5 Å². The number of piperidine rings is 1. The Hall–Kier alpha value is -2.74. The number of carbonyl (C=O) groups excluding carboxylic acids is 1. The first-order valence-corrected chi connectivity index (χ1v) is 9.18. The summed E-state index contributed by atoms with van der Waals surface area (Å²) in [5.74, 6) is -0.432. The third-order valence-electron chi connectivity index (χ3n) is 5.12. The van der Waals surface area contributed by atoms with Crippen molar-refractivity contribution in [2.45, 2.75) is 25.3 Å². The molecule has 1 aliphatic heterocycles. The average Bonchev–Trinajstić information content (AvgIpc) is 2.70. The summed E-state index contributed by atoms with van der Waals surface area (Å²) in [4.78, 5) is 43.1. The van der Waals surface area contributed by atoms with Crippen molar-refractivity contribution in [2.24, 2.45) is 14.1 Å². The Labute approximate surface area is 157 Å². The minimum atomic E-state index is -0.521. The molecule has 0 aliphatic carbocycles. The molecule has 0 bridgehead atoms. The van der Waals surface area contributed by atoms with E-state index in [9.17, 15) is 14.4 Å². The molecule has 0 aromatic carbocycles. The fraction of sp³-hybridized carbons (Fsp3) is 0.474. The van der Waals surface area contributed by atoms with E-state index in [1.54, 1.807) is 6.20 Å². The molecular formula is C19H25N5O3. The monoisotopic (exact) mass is 371 g/mol. The third-order valence-corrected chi connectivity index (χ3v) is 5.12. The molecule has 2 aromatic rings. The molecule has 3 rings (SSSR count). The van der Waals surface area contributed by atoms with Gasteiger partial charge in [-0.15, -0.1) is 0 Å². The molecule has 3 heterocycles. The molecule has 8 heteroatoms. The molecule has 0 radical (unpaired) electrons. The maximum absolute atomic E-state index is 12.6. The Kier molecular flexibility index (Phi) is 5.85. The first kappa shape index (κ1) is 19.0. The number of hydrogen-bond donors (Lipinski definition) is 1. The number of nitrogens with zero attached hydrogens (tertiary/aromatic N) is 4. The van der Waals surface area contributed by atoms with Crippen LogP contribution in [0.2, 0.25) is 0 Å². The van der Waals surface area contributed by atoms with Crippen LogP contribution in [0, 0.1) is 0 Å². The number of likely N-dealkylation sites (tertiary alicyclic amines) is 1. The molecule has 27 heavy (non-hydrogen) atoms. The summed E-state index contributed by atoms with van der Waals surface area (Å²) in [5.41, 5.74) is 0.0832. The number of carbonyl (C=O) groups is 1. The molecule has 1 fully saturated rings. The maximum atomic E-state index is 12.6. The minimum absolute atomic E-state index is 0.00604. The summed E-state index contributed by atoms with van der Waals surface area (Å²) in [6.07, 6.45) is 7.03. The van der Waals surface area contributed by atoms with Crippen molar-refractivity contribution in [2.75, 3.05) is 19.6 Å². The van der Waals surface area contributed by atoms with Crippen LogP contribution in [0.25, 0.3) is 0 Å². The van der Waals surface area contributed by atoms with Gasteiger partial charge in [-0.25, -0.2) is 4.79 Å². The van der Waals surface area contributed by atoms with Crippen molar-refractivity contribution in [1.82, 2.24) is 24.3 Å². The zero-order chi connectivity index (χ0) is 19.4. The topological polar surface area (TPSA) is 89.2 Å². The molecule has 1 N–H and O–H groups in total. The van der Waals surface area contributed by atoms with Crippen LogP contribution in [0.4, 0.5) is 0 Å². The number of hydrogen-bond acceptors (Lipinski definition) is 5. The van der Waals surface area contributed by atoms with Gasteiger partial charge in [0.05, 0.1) is 6.04 Å². The highest BCUT2D eigenvalue weighted by atomic mass is 16.2. The van der Waals surface area contributed by atoms with E-state index in [0.29, 0.717) is 6.54 Å². The van der Waals surface area contributed by atoms with Crippen molar-refractivity contribution in [1.29, 1.82) is 0 Å². The van der Waals surface area contributed by atoms with Crippen LogP contribution in [0.1, 0.15) is 41.4 Å². The molecule has 1 atom stereocenters. The predicted octanol–water partition coefficient (Wildman–Crippen LogP) is 0.436. The third kappa shape index (κ3) is 4.16. The summed E-state index contributed by atoms with van der Waals surface area (Å²) in [5, 5.41) is 2.89. The molecule has 1 saturated heterocycles. The summed E-state index contributed by atoms with van der Waals surface area (Å²) in [6.45, 7) is 2.33. The van der Waals surface area contributed by atoms with Gasteiger partial charge in [0.1, 0.15) is 5.69 Å². The summed E-state index contributed by atoms with van der Waals surface area (Å²) in [7, 11) is 2.88. The fourth-order valence-corrected chi connectivity index (χ4v) is 3.49. The Morgan fingerprint density at radius 1 is 1.19 bits per heavy atom. The number of nitrogens with one attached hydrogen (secondary N) is 1. The molecule has 2 aromatic heterocycles. The van der Waals surface area contributed by atoms with Crippen molar-refractivity contribution in [3.05, 3.63) is 62.7 Å². The van der Waals surface area contributed by atoms with Gasteiger partial charge in [0.15, 0.2) is 0 Å². The van der Waals surface area contributed by atoms with Crippen molar-refractivity contribution < 1.29 is 4.79 Å². The Balaban J connectivity index is 1.80. The highest BCUT2D eigenvalue weighted by Crippen LogP contribution is 2.23. The van der Waals surface area contributed by atoms with Crippen LogP contribution in [0.5, 0.6) is 0 Å². The van der Waals surface area contributed by atoms with E-state index in [-0.39, 0.29) is 11.7 Å². The van der Waals surface area contributed by atoms with Gasteiger partial charge in [-0.05, 0) is 37.6 Å². The van der Waals surface area contributed by atoms with Gasteiger partial charge in [0, 0.05) is 39.1 Å². The molecule has 144 valence electrons. The Morgan fingerprint density at radius 2 is 1.93 bits per heavy atom. The summed E-state index contributed by atoms with van der Waals surface area (Å²) < 4.78 is 2.17. The van der Waals surface area contributed by atoms with Gasteiger partial charge in [-0.2, -0.15) is 0 Å². The lowest BCUT2D eigenvalue weighted by Gasteiger charge is -2.34. The van der Waals surface area contributed by atoms with Crippen LogP contribution in [0.3, 0.4) is 0 Å². The van der Waals surface area contributed by atoms with Crippen LogP contribution >= 0.6 is 0 Å². The molecule has 0 saturated carbocycles. The first-order chi connectivity index (χ1) is 13.0. The van der Waals surface area contributed by atoms with E-state index in [1.807, 2.05) is 18.3 Å². The zero-order valence-corrected chi connectivity index (χ0v) is 15.7. The summed E-state index contributed by atoms with van der Waals surface area (Å²) in [6, 6.07) is 5.09. The molecule has 8 nitrogen and oxygen atoms in total. The Morgan fingerprint density at radius 3 is 2.59 bits per heavy atom. The lowest BCUT2D eigenvalue weighted by molar-refractivity contribution is 0.0914. The molecule has 1 aliphatic rings. The van der Waals surface area contributed by atoms with E-state index in [4.69, 9.17) is 0 Å². The normalized spacial score (nSPS) is 16.1. The van der Waals surface area contributed by atoms with E-state index >= 15 is 0 Å². The molecule has 1 amide bonds. The number of aromatic nitrogens is 3. The van der Waals surface area contributed by atoms with Crippen molar-refractivity contribution in [3.63, 3.8) is 0 Å². The smallest absolute Gasteiger partial charge is 0.331 e. The second-order valence-corrected chi connectivity index (χ2v) is 6.88. The van der Waals surface area contributed by atoms with Gasteiger partial charge < -0.3 is 5.32 Å². The molecule has 1 unspecified atom stereocenters. The van der Waals surface area contributed by atoms with Crippen LogP contribution in [-0.4, -0.2) is 44.6 Å². The van der Waals surface area contributed by atoms with E-state index in [0.717, 1.165) is 36.1 Å². The van der Waals surface area contributed by atoms with Gasteiger partial charge in [0.2, 0.25) is 0 Å². The maximum Gasteiger partial charge on any atom is 0.331 e.